The fraction of sp³-hybridized carbons (Fsp3) is 0.632. The van der Waals surface area contributed by atoms with Crippen LogP contribution in [0.5, 0.6) is 0 Å². The van der Waals surface area contributed by atoms with Gasteiger partial charge in [-0.25, -0.2) is 24.4 Å². The van der Waals surface area contributed by atoms with Gasteiger partial charge in [0.2, 0.25) is 5.95 Å². The SMILES string of the molecule is CC(COCc1nc2n(n1)CCN(c1ncc(C(F)(F)F)cn1)C2)N(C(=O)O)C(C)(C)C. The number of halogens is 3. The van der Waals surface area contributed by atoms with Gasteiger partial charge >= 0.3 is 12.3 Å². The molecule has 1 aliphatic rings. The van der Waals surface area contributed by atoms with Crippen LogP contribution < -0.4 is 4.90 Å². The molecular weight excluding hydrogens is 431 g/mol. The zero-order chi connectivity index (χ0) is 23.7. The second kappa shape index (κ2) is 8.88. The van der Waals surface area contributed by atoms with E-state index in [4.69, 9.17) is 4.74 Å². The van der Waals surface area contributed by atoms with E-state index in [-0.39, 0.29) is 25.2 Å². The van der Waals surface area contributed by atoms with Gasteiger partial charge in [-0.05, 0) is 27.7 Å². The third kappa shape index (κ3) is 5.44. The fourth-order valence-electron chi connectivity index (χ4n) is 3.58. The zero-order valence-electron chi connectivity index (χ0n) is 18.3. The van der Waals surface area contributed by atoms with Crippen LogP contribution in [0.2, 0.25) is 0 Å². The van der Waals surface area contributed by atoms with Crippen LogP contribution in [-0.4, -0.2) is 65.6 Å². The summed E-state index contributed by atoms with van der Waals surface area (Å²) < 4.78 is 45.5. The molecule has 3 rings (SSSR count). The monoisotopic (exact) mass is 457 g/mol. The first kappa shape index (κ1) is 23.7. The van der Waals surface area contributed by atoms with Gasteiger partial charge in [-0.2, -0.15) is 18.3 Å². The van der Waals surface area contributed by atoms with Crippen molar-refractivity contribution in [3.05, 3.63) is 29.6 Å². The van der Waals surface area contributed by atoms with E-state index in [0.29, 0.717) is 31.3 Å². The standard InChI is InChI=1S/C19H26F3N7O3/c1-12(29(17(30)31)18(2,3)4)10-32-11-14-25-15-9-27(5-6-28(15)26-14)16-23-7-13(8-24-16)19(20,21)22/h7-8,12H,5-6,9-11H2,1-4H3,(H,30,31). The van der Waals surface area contributed by atoms with Gasteiger partial charge in [0.25, 0.3) is 0 Å². The molecule has 0 aromatic carbocycles. The molecule has 1 amide bonds. The largest absolute Gasteiger partial charge is 0.465 e. The van der Waals surface area contributed by atoms with Crippen LogP contribution in [0, 0.1) is 0 Å². The number of rotatable bonds is 6. The van der Waals surface area contributed by atoms with E-state index in [1.165, 1.54) is 4.90 Å². The number of carboxylic acid groups (broad SMARTS) is 1. The topological polar surface area (TPSA) is 110 Å². The van der Waals surface area contributed by atoms with Gasteiger partial charge in [-0.1, -0.05) is 0 Å². The fourth-order valence-corrected chi connectivity index (χ4v) is 3.58. The van der Waals surface area contributed by atoms with Gasteiger partial charge in [0.05, 0.1) is 31.3 Å². The summed E-state index contributed by atoms with van der Waals surface area (Å²) in [6.45, 7) is 8.74. The highest BCUT2D eigenvalue weighted by molar-refractivity contribution is 5.66. The molecule has 2 aromatic rings. The summed E-state index contributed by atoms with van der Waals surface area (Å²) >= 11 is 0. The molecule has 0 aliphatic carbocycles. The van der Waals surface area contributed by atoms with Crippen LogP contribution in [0.3, 0.4) is 0 Å². The van der Waals surface area contributed by atoms with Crippen LogP contribution in [0.25, 0.3) is 0 Å². The van der Waals surface area contributed by atoms with Crippen molar-refractivity contribution in [1.82, 2.24) is 29.6 Å². The van der Waals surface area contributed by atoms with Gasteiger partial charge in [-0.15, -0.1) is 0 Å². The average molecular weight is 457 g/mol. The van der Waals surface area contributed by atoms with Crippen LogP contribution >= 0.6 is 0 Å². The summed E-state index contributed by atoms with van der Waals surface area (Å²) in [7, 11) is 0. The average Bonchev–Trinajstić information content (AvgIpc) is 3.07. The van der Waals surface area contributed by atoms with E-state index in [9.17, 15) is 23.1 Å². The highest BCUT2D eigenvalue weighted by Gasteiger charge is 2.32. The Bertz CT molecular complexity index is 941. The van der Waals surface area contributed by atoms with E-state index in [1.807, 2.05) is 20.8 Å². The number of alkyl halides is 3. The number of ether oxygens (including phenoxy) is 1. The molecular formula is C19H26F3N7O3. The van der Waals surface area contributed by atoms with Crippen molar-refractivity contribution in [2.24, 2.45) is 0 Å². The summed E-state index contributed by atoms with van der Waals surface area (Å²) in [4.78, 5) is 26.7. The lowest BCUT2D eigenvalue weighted by Gasteiger charge is -2.37. The van der Waals surface area contributed by atoms with E-state index < -0.39 is 23.4 Å². The Morgan fingerprint density at radius 3 is 2.47 bits per heavy atom. The zero-order valence-corrected chi connectivity index (χ0v) is 18.3. The van der Waals surface area contributed by atoms with Crippen molar-refractivity contribution in [1.29, 1.82) is 0 Å². The maximum atomic E-state index is 12.7. The minimum absolute atomic E-state index is 0.110. The first-order chi connectivity index (χ1) is 14.9. The minimum Gasteiger partial charge on any atom is -0.465 e. The maximum absolute atomic E-state index is 12.7. The Balaban J connectivity index is 1.58. The summed E-state index contributed by atoms with van der Waals surface area (Å²) in [6.07, 6.45) is -3.98. The molecule has 0 fully saturated rings. The molecule has 32 heavy (non-hydrogen) atoms. The van der Waals surface area contributed by atoms with Gasteiger partial charge in [0.15, 0.2) is 5.82 Å². The second-order valence-electron chi connectivity index (χ2n) is 8.55. The molecule has 3 heterocycles. The molecule has 13 heteroatoms. The molecule has 1 atom stereocenters. The lowest BCUT2D eigenvalue weighted by molar-refractivity contribution is -0.138. The quantitative estimate of drug-likeness (QED) is 0.705. The lowest BCUT2D eigenvalue weighted by atomic mass is 10.0. The number of amides is 1. The van der Waals surface area contributed by atoms with Crippen molar-refractivity contribution in [2.75, 3.05) is 18.1 Å². The molecule has 1 aliphatic heterocycles. The Morgan fingerprint density at radius 1 is 1.25 bits per heavy atom. The van der Waals surface area contributed by atoms with E-state index >= 15 is 0 Å². The van der Waals surface area contributed by atoms with Crippen LogP contribution in [0.1, 0.15) is 44.9 Å². The Kier molecular flexibility index (Phi) is 6.58. The molecule has 10 nitrogen and oxygen atoms in total. The van der Waals surface area contributed by atoms with Crippen molar-refractivity contribution in [2.45, 2.75) is 65.1 Å². The first-order valence-corrected chi connectivity index (χ1v) is 10.0. The maximum Gasteiger partial charge on any atom is 0.419 e. The van der Waals surface area contributed by atoms with Crippen LogP contribution in [0.15, 0.2) is 12.4 Å². The van der Waals surface area contributed by atoms with E-state index in [2.05, 4.69) is 20.1 Å². The molecule has 2 aromatic heterocycles. The lowest BCUT2D eigenvalue weighted by Crippen LogP contribution is -2.51. The van der Waals surface area contributed by atoms with E-state index in [1.54, 1.807) is 16.5 Å². The van der Waals surface area contributed by atoms with Crippen molar-refractivity contribution in [3.8, 4) is 0 Å². The molecule has 1 N–H and O–H groups in total. The van der Waals surface area contributed by atoms with Crippen molar-refractivity contribution >= 4 is 12.0 Å². The predicted molar refractivity (Wildman–Crippen MR) is 107 cm³/mol. The van der Waals surface area contributed by atoms with Gasteiger partial charge in [0.1, 0.15) is 12.4 Å². The van der Waals surface area contributed by atoms with Crippen LogP contribution in [0.4, 0.5) is 23.9 Å². The van der Waals surface area contributed by atoms with Gasteiger partial charge < -0.3 is 14.7 Å². The number of hydrogen-bond donors (Lipinski definition) is 1. The highest BCUT2D eigenvalue weighted by atomic mass is 19.4. The summed E-state index contributed by atoms with van der Waals surface area (Å²) in [5, 5.41) is 13.8. The Labute approximate surface area is 183 Å². The Hall–Kier alpha value is -2.96. The number of anilines is 1. The van der Waals surface area contributed by atoms with E-state index in [0.717, 1.165) is 12.4 Å². The number of carbonyl (C=O) groups is 1. The first-order valence-electron chi connectivity index (χ1n) is 10.0. The normalized spacial score (nSPS) is 15.4. The molecule has 1 unspecified atom stereocenters. The molecule has 176 valence electrons. The number of nitrogens with zero attached hydrogens (tertiary/aromatic N) is 7. The molecule has 0 radical (unpaired) electrons. The number of aromatic nitrogens is 5. The smallest absolute Gasteiger partial charge is 0.419 e. The molecule has 0 saturated carbocycles. The third-order valence-electron chi connectivity index (χ3n) is 4.91. The second-order valence-corrected chi connectivity index (χ2v) is 8.55. The molecule has 0 bridgehead atoms. The van der Waals surface area contributed by atoms with Crippen molar-refractivity contribution < 1.29 is 27.8 Å². The van der Waals surface area contributed by atoms with Gasteiger partial charge in [-0.3, -0.25) is 4.90 Å². The summed E-state index contributed by atoms with van der Waals surface area (Å²) in [5.41, 5.74) is -1.47. The third-order valence-corrected chi connectivity index (χ3v) is 4.91. The number of fused-ring (bicyclic) bond motifs is 1. The highest BCUT2D eigenvalue weighted by Crippen LogP contribution is 2.28. The summed E-state index contributed by atoms with van der Waals surface area (Å²) in [6, 6.07) is -0.364. The minimum atomic E-state index is -4.48. The molecule has 0 saturated heterocycles. The van der Waals surface area contributed by atoms with Gasteiger partial charge in [0, 0.05) is 24.5 Å². The Morgan fingerprint density at radius 2 is 1.91 bits per heavy atom. The predicted octanol–water partition coefficient (Wildman–Crippen LogP) is 2.79. The van der Waals surface area contributed by atoms with Crippen molar-refractivity contribution in [3.63, 3.8) is 0 Å². The molecule has 0 spiro atoms. The number of hydrogen-bond acceptors (Lipinski definition) is 7. The summed E-state index contributed by atoms with van der Waals surface area (Å²) in [5.74, 6) is 1.25. The van der Waals surface area contributed by atoms with Crippen LogP contribution in [-0.2, 0) is 30.6 Å².